The molecule has 0 bridgehead atoms. The molecule has 1 saturated heterocycles. The van der Waals surface area contributed by atoms with Crippen molar-refractivity contribution in [3.63, 3.8) is 0 Å². The highest BCUT2D eigenvalue weighted by molar-refractivity contribution is 5.96. The number of aromatic nitrogens is 1. The van der Waals surface area contributed by atoms with Gasteiger partial charge in [-0.2, -0.15) is 0 Å². The van der Waals surface area contributed by atoms with Crippen molar-refractivity contribution in [3.05, 3.63) is 59.7 Å². The van der Waals surface area contributed by atoms with E-state index < -0.39 is 0 Å². The van der Waals surface area contributed by atoms with Crippen LogP contribution in [0.25, 0.3) is 0 Å². The molecule has 3 N–H and O–H groups in total. The molecule has 7 nitrogen and oxygen atoms in total. The first-order chi connectivity index (χ1) is 13.6. The fraction of sp³-hybridized carbons (Fsp3) is 0.350. The fourth-order valence-corrected chi connectivity index (χ4v) is 2.85. The minimum Gasteiger partial charge on any atom is -0.492 e. The molecular formula is C20H23FN4O3. The summed E-state index contributed by atoms with van der Waals surface area (Å²) in [7, 11) is 0. The van der Waals surface area contributed by atoms with E-state index in [4.69, 9.17) is 4.74 Å². The number of nitrogens with zero attached hydrogens (tertiary/aromatic N) is 1. The number of pyridine rings is 1. The Labute approximate surface area is 162 Å². The molecule has 2 aromatic rings. The summed E-state index contributed by atoms with van der Waals surface area (Å²) >= 11 is 0. The van der Waals surface area contributed by atoms with Gasteiger partial charge in [0.15, 0.2) is 0 Å². The van der Waals surface area contributed by atoms with E-state index in [0.29, 0.717) is 11.3 Å². The average Bonchev–Trinajstić information content (AvgIpc) is 2.73. The lowest BCUT2D eigenvalue weighted by molar-refractivity contribution is 0.0918. The molecule has 8 heteroatoms. The summed E-state index contributed by atoms with van der Waals surface area (Å²) in [5, 5.41) is 8.92. The maximum absolute atomic E-state index is 12.8. The molecule has 1 aromatic heterocycles. The number of rotatable bonds is 7. The number of piperidine rings is 1. The Morgan fingerprint density at radius 2 is 1.86 bits per heavy atom. The minimum atomic E-state index is -0.332. The van der Waals surface area contributed by atoms with Crippen molar-refractivity contribution in [1.82, 2.24) is 20.9 Å². The second kappa shape index (κ2) is 9.80. The van der Waals surface area contributed by atoms with Crippen LogP contribution in [0.1, 0.15) is 33.7 Å². The number of carbonyl (C=O) groups excluding carboxylic acids is 2. The maximum atomic E-state index is 12.8. The predicted molar refractivity (Wildman–Crippen MR) is 102 cm³/mol. The molecule has 2 heterocycles. The Bertz CT molecular complexity index is 790. The normalized spacial score (nSPS) is 14.3. The first-order valence-electron chi connectivity index (χ1n) is 9.26. The molecule has 1 aliphatic rings. The van der Waals surface area contributed by atoms with E-state index >= 15 is 0 Å². The zero-order valence-electron chi connectivity index (χ0n) is 15.4. The highest BCUT2D eigenvalue weighted by Gasteiger charge is 2.17. The zero-order chi connectivity index (χ0) is 19.8. The topological polar surface area (TPSA) is 92.3 Å². The Morgan fingerprint density at radius 1 is 1.11 bits per heavy atom. The Kier molecular flexibility index (Phi) is 6.91. The molecule has 0 atom stereocenters. The standard InChI is InChI=1S/C20H23FN4O3/c21-15-2-4-17(5-3-15)28-12-11-23-19(26)14-1-6-18(24-13-14)20(27)25-16-7-9-22-10-8-16/h1-6,13,16,22H,7-12H2,(H,23,26)(H,25,27). The first-order valence-corrected chi connectivity index (χ1v) is 9.26. The SMILES string of the molecule is O=C(NCCOc1ccc(F)cc1)c1ccc(C(=O)NC2CCNCC2)nc1. The van der Waals surface area contributed by atoms with Gasteiger partial charge in [-0.25, -0.2) is 4.39 Å². The highest BCUT2D eigenvalue weighted by Crippen LogP contribution is 2.10. The van der Waals surface area contributed by atoms with Gasteiger partial charge in [-0.15, -0.1) is 0 Å². The van der Waals surface area contributed by atoms with Crippen molar-refractivity contribution in [2.75, 3.05) is 26.2 Å². The third kappa shape index (κ3) is 5.75. The lowest BCUT2D eigenvalue weighted by atomic mass is 10.1. The van der Waals surface area contributed by atoms with Gasteiger partial charge in [-0.3, -0.25) is 14.6 Å². The molecule has 28 heavy (non-hydrogen) atoms. The Balaban J connectivity index is 1.42. The number of nitrogens with one attached hydrogen (secondary N) is 3. The van der Waals surface area contributed by atoms with Crippen LogP contribution in [0.5, 0.6) is 5.75 Å². The van der Waals surface area contributed by atoms with Gasteiger partial charge in [0.1, 0.15) is 23.9 Å². The Hall–Kier alpha value is -3.00. The molecule has 1 aromatic carbocycles. The van der Waals surface area contributed by atoms with Crippen molar-refractivity contribution in [2.24, 2.45) is 0 Å². The van der Waals surface area contributed by atoms with Gasteiger partial charge >= 0.3 is 0 Å². The molecular weight excluding hydrogens is 363 g/mol. The summed E-state index contributed by atoms with van der Waals surface area (Å²) in [4.78, 5) is 28.5. The number of hydrogen-bond acceptors (Lipinski definition) is 5. The van der Waals surface area contributed by atoms with Gasteiger partial charge in [-0.05, 0) is 62.3 Å². The predicted octanol–water partition coefficient (Wildman–Crippen LogP) is 1.51. The molecule has 0 unspecified atom stereocenters. The monoisotopic (exact) mass is 386 g/mol. The van der Waals surface area contributed by atoms with Gasteiger partial charge in [-0.1, -0.05) is 0 Å². The molecule has 2 amide bonds. The minimum absolute atomic E-state index is 0.152. The van der Waals surface area contributed by atoms with Gasteiger partial charge in [0.2, 0.25) is 0 Å². The van der Waals surface area contributed by atoms with Crippen LogP contribution in [0.2, 0.25) is 0 Å². The smallest absolute Gasteiger partial charge is 0.270 e. The molecule has 0 aliphatic carbocycles. The van der Waals surface area contributed by atoms with Gasteiger partial charge in [0.25, 0.3) is 11.8 Å². The number of amides is 2. The molecule has 1 fully saturated rings. The summed E-state index contributed by atoms with van der Waals surface area (Å²) in [5.74, 6) is -0.338. The molecule has 3 rings (SSSR count). The van der Waals surface area contributed by atoms with Crippen LogP contribution < -0.4 is 20.7 Å². The third-order valence-electron chi connectivity index (χ3n) is 4.40. The van der Waals surface area contributed by atoms with Crippen molar-refractivity contribution in [1.29, 1.82) is 0 Å². The summed E-state index contributed by atoms with van der Waals surface area (Å²) in [6, 6.07) is 8.93. The maximum Gasteiger partial charge on any atom is 0.270 e. The van der Waals surface area contributed by atoms with Crippen molar-refractivity contribution in [3.8, 4) is 5.75 Å². The number of halogens is 1. The van der Waals surface area contributed by atoms with E-state index in [2.05, 4.69) is 20.9 Å². The molecule has 148 valence electrons. The van der Waals surface area contributed by atoms with E-state index in [1.807, 2.05) is 0 Å². The molecule has 1 aliphatic heterocycles. The van der Waals surface area contributed by atoms with Crippen LogP contribution in [0.4, 0.5) is 4.39 Å². The number of benzene rings is 1. The van der Waals surface area contributed by atoms with E-state index in [1.54, 1.807) is 12.1 Å². The average molecular weight is 386 g/mol. The summed E-state index contributed by atoms with van der Waals surface area (Å²) in [5.41, 5.74) is 0.648. The lowest BCUT2D eigenvalue weighted by Gasteiger charge is -2.23. The fourth-order valence-electron chi connectivity index (χ4n) is 2.85. The number of hydrogen-bond donors (Lipinski definition) is 3. The molecule has 0 saturated carbocycles. The van der Waals surface area contributed by atoms with Gasteiger partial charge < -0.3 is 20.7 Å². The summed E-state index contributed by atoms with van der Waals surface area (Å²) < 4.78 is 18.2. The molecule has 0 radical (unpaired) electrons. The van der Waals surface area contributed by atoms with Crippen LogP contribution in [-0.4, -0.2) is 49.1 Å². The van der Waals surface area contributed by atoms with Crippen LogP contribution in [-0.2, 0) is 0 Å². The van der Waals surface area contributed by atoms with Crippen molar-refractivity contribution in [2.45, 2.75) is 18.9 Å². The largest absolute Gasteiger partial charge is 0.492 e. The van der Waals surface area contributed by atoms with Crippen LogP contribution in [0.3, 0.4) is 0 Å². The van der Waals surface area contributed by atoms with E-state index in [-0.39, 0.29) is 42.5 Å². The second-order valence-corrected chi connectivity index (χ2v) is 6.49. The zero-order valence-corrected chi connectivity index (χ0v) is 15.4. The Morgan fingerprint density at radius 3 is 2.54 bits per heavy atom. The first kappa shape index (κ1) is 19.8. The summed E-state index contributed by atoms with van der Waals surface area (Å²) in [6.07, 6.45) is 3.17. The summed E-state index contributed by atoms with van der Waals surface area (Å²) in [6.45, 7) is 2.32. The third-order valence-corrected chi connectivity index (χ3v) is 4.40. The second-order valence-electron chi connectivity index (χ2n) is 6.49. The van der Waals surface area contributed by atoms with Gasteiger partial charge in [0, 0.05) is 12.2 Å². The van der Waals surface area contributed by atoms with Crippen molar-refractivity contribution >= 4 is 11.8 Å². The molecule has 0 spiro atoms. The van der Waals surface area contributed by atoms with Crippen LogP contribution >= 0.6 is 0 Å². The highest BCUT2D eigenvalue weighted by atomic mass is 19.1. The number of ether oxygens (including phenoxy) is 1. The van der Waals surface area contributed by atoms with E-state index in [9.17, 15) is 14.0 Å². The number of carbonyl (C=O) groups is 2. The van der Waals surface area contributed by atoms with Crippen LogP contribution in [0.15, 0.2) is 42.6 Å². The van der Waals surface area contributed by atoms with Crippen molar-refractivity contribution < 1.29 is 18.7 Å². The van der Waals surface area contributed by atoms with Crippen LogP contribution in [0, 0.1) is 5.82 Å². The quantitative estimate of drug-likeness (QED) is 0.628. The van der Waals surface area contributed by atoms with E-state index in [0.717, 1.165) is 25.9 Å². The van der Waals surface area contributed by atoms with Gasteiger partial charge in [0.05, 0.1) is 12.1 Å². The van der Waals surface area contributed by atoms with E-state index in [1.165, 1.54) is 30.5 Å². The lowest BCUT2D eigenvalue weighted by Crippen LogP contribution is -2.42.